The number of ether oxygens (including phenoxy) is 1. The van der Waals surface area contributed by atoms with Crippen molar-refractivity contribution < 1.29 is 9.84 Å². The van der Waals surface area contributed by atoms with Crippen LogP contribution in [0.25, 0.3) is 11.0 Å². The summed E-state index contributed by atoms with van der Waals surface area (Å²) in [6.07, 6.45) is 1.13. The van der Waals surface area contributed by atoms with E-state index in [1.54, 1.807) is 20.4 Å². The SMILES string of the molecule is COCCn1c(C)c(C)c2c(NC[C@@H](C)O)ncnc21. The van der Waals surface area contributed by atoms with Gasteiger partial charge in [-0.15, -0.1) is 0 Å². The first kappa shape index (κ1) is 14.7. The fourth-order valence-corrected chi connectivity index (χ4v) is 2.30. The summed E-state index contributed by atoms with van der Waals surface area (Å²) < 4.78 is 7.30. The second kappa shape index (κ2) is 6.19. The van der Waals surface area contributed by atoms with Crippen LogP contribution in [0.15, 0.2) is 6.33 Å². The van der Waals surface area contributed by atoms with Crippen molar-refractivity contribution in [2.45, 2.75) is 33.4 Å². The number of aryl methyl sites for hydroxylation is 1. The van der Waals surface area contributed by atoms with E-state index < -0.39 is 6.10 Å². The number of nitrogens with one attached hydrogen (secondary N) is 1. The van der Waals surface area contributed by atoms with Crippen molar-refractivity contribution in [3.63, 3.8) is 0 Å². The maximum absolute atomic E-state index is 9.40. The van der Waals surface area contributed by atoms with Gasteiger partial charge in [-0.05, 0) is 26.3 Å². The number of aromatic nitrogens is 3. The number of nitrogens with zero attached hydrogens (tertiary/aromatic N) is 3. The number of anilines is 1. The van der Waals surface area contributed by atoms with E-state index in [9.17, 15) is 5.11 Å². The molecule has 0 unspecified atom stereocenters. The Hall–Kier alpha value is -1.66. The molecule has 2 aromatic heterocycles. The van der Waals surface area contributed by atoms with E-state index in [1.807, 2.05) is 0 Å². The molecule has 0 amide bonds. The molecular weight excluding hydrogens is 256 g/mol. The highest BCUT2D eigenvalue weighted by molar-refractivity contribution is 5.91. The van der Waals surface area contributed by atoms with Crippen molar-refractivity contribution in [2.24, 2.45) is 0 Å². The summed E-state index contributed by atoms with van der Waals surface area (Å²) in [6.45, 7) is 7.76. The molecule has 0 aliphatic rings. The van der Waals surface area contributed by atoms with Gasteiger partial charge >= 0.3 is 0 Å². The molecule has 1 atom stereocenters. The third-order valence-electron chi connectivity index (χ3n) is 3.49. The van der Waals surface area contributed by atoms with Crippen molar-refractivity contribution in [2.75, 3.05) is 25.6 Å². The van der Waals surface area contributed by atoms with Gasteiger partial charge in [-0.1, -0.05) is 0 Å². The van der Waals surface area contributed by atoms with Crippen LogP contribution in [0.4, 0.5) is 5.82 Å². The van der Waals surface area contributed by atoms with Crippen LogP contribution in [0.5, 0.6) is 0 Å². The molecule has 2 N–H and O–H groups in total. The summed E-state index contributed by atoms with van der Waals surface area (Å²) in [7, 11) is 1.69. The highest BCUT2D eigenvalue weighted by Crippen LogP contribution is 2.28. The Morgan fingerprint density at radius 2 is 2.15 bits per heavy atom. The van der Waals surface area contributed by atoms with Crippen molar-refractivity contribution in [1.82, 2.24) is 14.5 Å². The van der Waals surface area contributed by atoms with E-state index in [1.165, 1.54) is 0 Å². The van der Waals surface area contributed by atoms with E-state index in [2.05, 4.69) is 33.7 Å². The first-order valence-corrected chi connectivity index (χ1v) is 6.77. The van der Waals surface area contributed by atoms with Crippen LogP contribution in [0, 0.1) is 13.8 Å². The highest BCUT2D eigenvalue weighted by atomic mass is 16.5. The van der Waals surface area contributed by atoms with Crippen molar-refractivity contribution >= 4 is 16.9 Å². The van der Waals surface area contributed by atoms with E-state index in [-0.39, 0.29) is 0 Å². The first-order chi connectivity index (χ1) is 9.56. The summed E-state index contributed by atoms with van der Waals surface area (Å²) in [5.74, 6) is 0.771. The minimum absolute atomic E-state index is 0.419. The van der Waals surface area contributed by atoms with Gasteiger partial charge in [0.2, 0.25) is 0 Å². The fourth-order valence-electron chi connectivity index (χ4n) is 2.30. The van der Waals surface area contributed by atoms with Crippen LogP contribution < -0.4 is 5.32 Å². The summed E-state index contributed by atoms with van der Waals surface area (Å²) in [4.78, 5) is 8.69. The second-order valence-electron chi connectivity index (χ2n) is 5.01. The number of aliphatic hydroxyl groups excluding tert-OH is 1. The molecule has 0 saturated heterocycles. The summed E-state index contributed by atoms with van der Waals surface area (Å²) >= 11 is 0. The van der Waals surface area contributed by atoms with Gasteiger partial charge in [-0.3, -0.25) is 0 Å². The van der Waals surface area contributed by atoms with Crippen molar-refractivity contribution in [1.29, 1.82) is 0 Å². The molecule has 6 heteroatoms. The normalized spacial score (nSPS) is 12.8. The number of fused-ring (bicyclic) bond motifs is 1. The van der Waals surface area contributed by atoms with Gasteiger partial charge in [0, 0.05) is 25.9 Å². The van der Waals surface area contributed by atoms with Crippen molar-refractivity contribution in [3.05, 3.63) is 17.6 Å². The third-order valence-corrected chi connectivity index (χ3v) is 3.49. The van der Waals surface area contributed by atoms with E-state index in [0.717, 1.165) is 34.7 Å². The molecule has 0 aromatic carbocycles. The zero-order valence-electron chi connectivity index (χ0n) is 12.5. The average Bonchev–Trinajstić information content (AvgIpc) is 2.67. The van der Waals surface area contributed by atoms with Crippen LogP contribution in [0.1, 0.15) is 18.2 Å². The molecule has 2 aromatic rings. The minimum Gasteiger partial charge on any atom is -0.392 e. The molecular formula is C14H22N4O2. The quantitative estimate of drug-likeness (QED) is 0.837. The maximum Gasteiger partial charge on any atom is 0.146 e. The van der Waals surface area contributed by atoms with Crippen LogP contribution in [0.2, 0.25) is 0 Å². The zero-order valence-corrected chi connectivity index (χ0v) is 12.5. The molecule has 0 aliphatic carbocycles. The van der Waals surface area contributed by atoms with Gasteiger partial charge in [-0.25, -0.2) is 9.97 Å². The van der Waals surface area contributed by atoms with Gasteiger partial charge in [0.05, 0.1) is 18.1 Å². The Morgan fingerprint density at radius 1 is 1.40 bits per heavy atom. The summed E-state index contributed by atoms with van der Waals surface area (Å²) in [5, 5.41) is 13.6. The van der Waals surface area contributed by atoms with Gasteiger partial charge in [0.25, 0.3) is 0 Å². The Kier molecular flexibility index (Phi) is 4.57. The van der Waals surface area contributed by atoms with Gasteiger partial charge < -0.3 is 19.7 Å². The standard InChI is InChI=1S/C14H22N4O2/c1-9(19)7-15-13-12-10(2)11(3)18(5-6-20-4)14(12)17-8-16-13/h8-9,19H,5-7H2,1-4H3,(H,15,16,17)/t9-/m1/s1. The van der Waals surface area contributed by atoms with E-state index in [4.69, 9.17) is 4.74 Å². The molecule has 0 bridgehead atoms. The third kappa shape index (κ3) is 2.76. The summed E-state index contributed by atoms with van der Waals surface area (Å²) in [5.41, 5.74) is 3.22. The molecule has 6 nitrogen and oxygen atoms in total. The first-order valence-electron chi connectivity index (χ1n) is 6.77. The number of hydrogen-bond donors (Lipinski definition) is 2. The Labute approximate surface area is 118 Å². The number of hydrogen-bond acceptors (Lipinski definition) is 5. The van der Waals surface area contributed by atoms with E-state index >= 15 is 0 Å². The molecule has 2 heterocycles. The Balaban J connectivity index is 2.46. The van der Waals surface area contributed by atoms with Crippen LogP contribution in [0.3, 0.4) is 0 Å². The number of methoxy groups -OCH3 is 1. The van der Waals surface area contributed by atoms with Crippen LogP contribution >= 0.6 is 0 Å². The topological polar surface area (TPSA) is 72.2 Å². The van der Waals surface area contributed by atoms with E-state index in [0.29, 0.717) is 13.2 Å². The van der Waals surface area contributed by atoms with Crippen molar-refractivity contribution in [3.8, 4) is 0 Å². The lowest BCUT2D eigenvalue weighted by atomic mass is 10.2. The number of aliphatic hydroxyl groups is 1. The number of rotatable bonds is 6. The predicted octanol–water partition coefficient (Wildman–Crippen LogP) is 1.49. The lowest BCUT2D eigenvalue weighted by Gasteiger charge is -2.09. The molecule has 20 heavy (non-hydrogen) atoms. The predicted molar refractivity (Wildman–Crippen MR) is 79.0 cm³/mol. The maximum atomic E-state index is 9.40. The van der Waals surface area contributed by atoms with Gasteiger partial charge in [-0.2, -0.15) is 0 Å². The molecule has 2 rings (SSSR count). The highest BCUT2D eigenvalue weighted by Gasteiger charge is 2.16. The smallest absolute Gasteiger partial charge is 0.146 e. The molecule has 0 radical (unpaired) electrons. The Morgan fingerprint density at radius 3 is 2.80 bits per heavy atom. The molecule has 0 spiro atoms. The van der Waals surface area contributed by atoms with Gasteiger partial charge in [0.1, 0.15) is 17.8 Å². The second-order valence-corrected chi connectivity index (χ2v) is 5.01. The lowest BCUT2D eigenvalue weighted by Crippen LogP contribution is -2.16. The average molecular weight is 278 g/mol. The monoisotopic (exact) mass is 278 g/mol. The summed E-state index contributed by atoms with van der Waals surface area (Å²) in [6, 6.07) is 0. The molecule has 110 valence electrons. The van der Waals surface area contributed by atoms with Crippen LogP contribution in [-0.2, 0) is 11.3 Å². The lowest BCUT2D eigenvalue weighted by molar-refractivity contribution is 0.187. The van der Waals surface area contributed by atoms with Gasteiger partial charge in [0.15, 0.2) is 0 Å². The fraction of sp³-hybridized carbons (Fsp3) is 0.571. The Bertz CT molecular complexity index is 592. The molecule has 0 fully saturated rings. The molecule has 0 saturated carbocycles. The zero-order chi connectivity index (χ0) is 14.7. The minimum atomic E-state index is -0.419. The van der Waals surface area contributed by atoms with Crippen LogP contribution in [-0.4, -0.2) is 46.0 Å². The molecule has 0 aliphatic heterocycles. The largest absolute Gasteiger partial charge is 0.392 e.